The predicted molar refractivity (Wildman–Crippen MR) is 105 cm³/mol. The number of likely N-dealkylation sites (tertiary alicyclic amines) is 2. The molecule has 7 heteroatoms. The predicted octanol–water partition coefficient (Wildman–Crippen LogP) is 2.04. The zero-order valence-corrected chi connectivity index (χ0v) is 16.6. The summed E-state index contributed by atoms with van der Waals surface area (Å²) in [5.41, 5.74) is 1.04. The fraction of sp³-hybridized carbons (Fsp3) is 0.619. The van der Waals surface area contributed by atoms with Crippen LogP contribution in [-0.2, 0) is 16.0 Å². The number of ether oxygens (including phenoxy) is 2. The van der Waals surface area contributed by atoms with E-state index in [1.807, 2.05) is 18.2 Å². The van der Waals surface area contributed by atoms with Crippen molar-refractivity contribution in [1.29, 1.82) is 0 Å². The van der Waals surface area contributed by atoms with Gasteiger partial charge < -0.3 is 19.5 Å². The van der Waals surface area contributed by atoms with Crippen molar-refractivity contribution in [2.24, 2.45) is 5.92 Å². The maximum Gasteiger partial charge on any atom is 0.308 e. The summed E-state index contributed by atoms with van der Waals surface area (Å²) in [6, 6.07) is 5.81. The molecule has 2 aliphatic rings. The number of carboxylic acids is 1. The first-order valence-corrected chi connectivity index (χ1v) is 10.1. The second-order valence-corrected chi connectivity index (χ2v) is 7.57. The fourth-order valence-corrected chi connectivity index (χ4v) is 3.87. The Morgan fingerprint density at radius 1 is 1.18 bits per heavy atom. The normalized spacial score (nSPS) is 20.4. The molecular weight excluding hydrogens is 360 g/mol. The Balaban J connectivity index is 1.53. The van der Waals surface area contributed by atoms with Crippen LogP contribution in [0.2, 0.25) is 0 Å². The molecule has 2 saturated heterocycles. The number of methoxy groups -OCH3 is 1. The maximum atomic E-state index is 12.0. The highest BCUT2D eigenvalue weighted by molar-refractivity contribution is 5.86. The standard InChI is InChI=1S/C21H30N2O5/c1-27-18-6-5-16(7-10-23-15-17(21(25)26)14-20(23)24)13-19(18)28-12-11-22-8-3-2-4-9-22/h5-6,13,17H,2-4,7-12,14-15H2,1H3,(H,25,26). The van der Waals surface area contributed by atoms with Crippen LogP contribution in [0.5, 0.6) is 11.5 Å². The number of benzene rings is 1. The maximum absolute atomic E-state index is 12.0. The molecule has 0 radical (unpaired) electrons. The average Bonchev–Trinajstić information content (AvgIpc) is 3.08. The van der Waals surface area contributed by atoms with Gasteiger partial charge in [0.2, 0.25) is 5.91 Å². The topological polar surface area (TPSA) is 79.3 Å². The molecule has 2 aliphatic heterocycles. The smallest absolute Gasteiger partial charge is 0.308 e. The Bertz CT molecular complexity index is 687. The van der Waals surface area contributed by atoms with Crippen LogP contribution in [-0.4, -0.2) is 73.2 Å². The Hall–Kier alpha value is -2.28. The molecule has 1 aromatic rings. The van der Waals surface area contributed by atoms with Gasteiger partial charge in [-0.05, 0) is 50.0 Å². The Labute approximate surface area is 166 Å². The molecule has 154 valence electrons. The lowest BCUT2D eigenvalue weighted by Gasteiger charge is -2.26. The number of carbonyl (C=O) groups is 2. The van der Waals surface area contributed by atoms with Gasteiger partial charge in [0.1, 0.15) is 6.61 Å². The third kappa shape index (κ3) is 5.38. The largest absolute Gasteiger partial charge is 0.493 e. The molecule has 1 atom stereocenters. The fourth-order valence-electron chi connectivity index (χ4n) is 3.87. The van der Waals surface area contributed by atoms with E-state index in [4.69, 9.17) is 14.6 Å². The summed E-state index contributed by atoms with van der Waals surface area (Å²) in [6.45, 7) is 4.62. The van der Waals surface area contributed by atoms with Crippen LogP contribution >= 0.6 is 0 Å². The molecule has 0 aromatic heterocycles. The van der Waals surface area contributed by atoms with E-state index in [2.05, 4.69) is 4.90 Å². The van der Waals surface area contributed by atoms with Crippen LogP contribution < -0.4 is 9.47 Å². The third-order valence-electron chi connectivity index (χ3n) is 5.58. The van der Waals surface area contributed by atoms with Crippen LogP contribution in [0.15, 0.2) is 18.2 Å². The van der Waals surface area contributed by atoms with Crippen molar-refractivity contribution in [1.82, 2.24) is 9.80 Å². The molecule has 3 rings (SSSR count). The minimum atomic E-state index is -0.898. The first-order valence-electron chi connectivity index (χ1n) is 10.1. The van der Waals surface area contributed by atoms with E-state index in [-0.39, 0.29) is 12.3 Å². The molecule has 0 saturated carbocycles. The minimum absolute atomic E-state index is 0.0843. The van der Waals surface area contributed by atoms with Gasteiger partial charge in [-0.2, -0.15) is 0 Å². The van der Waals surface area contributed by atoms with Crippen LogP contribution in [0, 0.1) is 5.92 Å². The number of carbonyl (C=O) groups excluding carboxylic acids is 1. The summed E-state index contributed by atoms with van der Waals surface area (Å²) in [4.78, 5) is 27.1. The van der Waals surface area contributed by atoms with Gasteiger partial charge in [0.15, 0.2) is 11.5 Å². The number of nitrogens with zero attached hydrogens (tertiary/aromatic N) is 2. The first-order chi connectivity index (χ1) is 13.6. The van der Waals surface area contributed by atoms with Gasteiger partial charge >= 0.3 is 5.97 Å². The van der Waals surface area contributed by atoms with Crippen LogP contribution in [0.4, 0.5) is 0 Å². The van der Waals surface area contributed by atoms with Gasteiger partial charge in [-0.25, -0.2) is 0 Å². The number of rotatable bonds is 9. The molecule has 2 heterocycles. The van der Waals surface area contributed by atoms with E-state index < -0.39 is 11.9 Å². The molecular formula is C21H30N2O5. The summed E-state index contributed by atoms with van der Waals surface area (Å²) in [7, 11) is 1.63. The van der Waals surface area contributed by atoms with Crippen molar-refractivity contribution >= 4 is 11.9 Å². The summed E-state index contributed by atoms with van der Waals surface area (Å²) < 4.78 is 11.4. The molecule has 1 N–H and O–H groups in total. The van der Waals surface area contributed by atoms with Crippen LogP contribution in [0.1, 0.15) is 31.2 Å². The van der Waals surface area contributed by atoms with Crippen molar-refractivity contribution in [2.45, 2.75) is 32.1 Å². The quantitative estimate of drug-likeness (QED) is 0.695. The number of amides is 1. The third-order valence-corrected chi connectivity index (χ3v) is 5.58. The van der Waals surface area contributed by atoms with E-state index in [9.17, 15) is 9.59 Å². The highest BCUT2D eigenvalue weighted by atomic mass is 16.5. The van der Waals surface area contributed by atoms with Gasteiger partial charge in [-0.1, -0.05) is 12.5 Å². The summed E-state index contributed by atoms with van der Waals surface area (Å²) in [5.74, 6) is -0.153. The molecule has 1 amide bonds. The molecule has 0 spiro atoms. The van der Waals surface area contributed by atoms with E-state index in [0.717, 1.165) is 25.2 Å². The van der Waals surface area contributed by atoms with E-state index >= 15 is 0 Å². The number of piperidine rings is 1. The Kier molecular flexibility index (Phi) is 7.14. The lowest BCUT2D eigenvalue weighted by Crippen LogP contribution is -2.33. The first kappa shape index (κ1) is 20.5. The second-order valence-electron chi connectivity index (χ2n) is 7.57. The summed E-state index contributed by atoms with van der Waals surface area (Å²) in [6.07, 6.45) is 4.60. The number of hydrogen-bond donors (Lipinski definition) is 1. The SMILES string of the molecule is COc1ccc(CCN2CC(C(=O)O)CC2=O)cc1OCCN1CCCCC1. The summed E-state index contributed by atoms with van der Waals surface area (Å²) in [5, 5.41) is 9.09. The van der Waals surface area contributed by atoms with E-state index in [1.165, 1.54) is 19.3 Å². The lowest BCUT2D eigenvalue weighted by molar-refractivity contribution is -0.141. The van der Waals surface area contributed by atoms with Crippen molar-refractivity contribution in [3.8, 4) is 11.5 Å². The van der Waals surface area contributed by atoms with Gasteiger partial charge in [0, 0.05) is 26.1 Å². The molecule has 2 fully saturated rings. The number of hydrogen-bond acceptors (Lipinski definition) is 5. The average molecular weight is 390 g/mol. The summed E-state index contributed by atoms with van der Waals surface area (Å²) >= 11 is 0. The van der Waals surface area contributed by atoms with Crippen molar-refractivity contribution < 1.29 is 24.2 Å². The number of aliphatic carboxylic acids is 1. The highest BCUT2D eigenvalue weighted by Crippen LogP contribution is 2.29. The molecule has 1 unspecified atom stereocenters. The Morgan fingerprint density at radius 3 is 2.64 bits per heavy atom. The lowest BCUT2D eigenvalue weighted by atomic mass is 10.1. The van der Waals surface area contributed by atoms with Gasteiger partial charge in [0.25, 0.3) is 0 Å². The van der Waals surface area contributed by atoms with Crippen molar-refractivity contribution in [2.75, 3.05) is 46.4 Å². The zero-order valence-electron chi connectivity index (χ0n) is 16.6. The number of carboxylic acid groups (broad SMARTS) is 1. The van der Waals surface area contributed by atoms with Gasteiger partial charge in [0.05, 0.1) is 13.0 Å². The van der Waals surface area contributed by atoms with Gasteiger partial charge in [-0.15, -0.1) is 0 Å². The minimum Gasteiger partial charge on any atom is -0.493 e. The molecule has 7 nitrogen and oxygen atoms in total. The Morgan fingerprint density at radius 2 is 1.96 bits per heavy atom. The van der Waals surface area contributed by atoms with Gasteiger partial charge in [-0.3, -0.25) is 14.5 Å². The zero-order chi connectivity index (χ0) is 19.9. The molecule has 0 aliphatic carbocycles. The molecule has 1 aromatic carbocycles. The van der Waals surface area contributed by atoms with Crippen molar-refractivity contribution in [3.63, 3.8) is 0 Å². The highest BCUT2D eigenvalue weighted by Gasteiger charge is 2.33. The van der Waals surface area contributed by atoms with E-state index in [0.29, 0.717) is 37.6 Å². The van der Waals surface area contributed by atoms with Crippen LogP contribution in [0.3, 0.4) is 0 Å². The van der Waals surface area contributed by atoms with Crippen molar-refractivity contribution in [3.05, 3.63) is 23.8 Å². The van der Waals surface area contributed by atoms with Crippen LogP contribution in [0.25, 0.3) is 0 Å². The van der Waals surface area contributed by atoms with E-state index in [1.54, 1.807) is 12.0 Å². The molecule has 28 heavy (non-hydrogen) atoms. The molecule has 0 bridgehead atoms. The second kappa shape index (κ2) is 9.78. The monoisotopic (exact) mass is 390 g/mol.